The standard InChI is InChI=1S/C25H26N4O5/c1-33-21-14-20(29-24(31)18-11-7-4-8-12-18)22(34-2)13-19(21)28-23(30)16-27-25(32)26-15-17-9-5-3-6-10-17/h3-14H,15-16H2,1-2H3,(H,28,30)(H,29,31)(H2,26,27,32). The SMILES string of the molecule is COc1cc(NC(=O)c2ccccc2)c(OC)cc1NC(=O)CNC(=O)NCc1ccccc1. The lowest BCUT2D eigenvalue weighted by atomic mass is 10.2. The highest BCUT2D eigenvalue weighted by Gasteiger charge is 2.16. The van der Waals surface area contributed by atoms with Crippen molar-refractivity contribution in [1.29, 1.82) is 0 Å². The molecule has 0 radical (unpaired) electrons. The summed E-state index contributed by atoms with van der Waals surface area (Å²) in [6.07, 6.45) is 0. The minimum Gasteiger partial charge on any atom is -0.494 e. The predicted molar refractivity (Wildman–Crippen MR) is 129 cm³/mol. The zero-order valence-corrected chi connectivity index (χ0v) is 18.9. The van der Waals surface area contributed by atoms with Crippen LogP contribution >= 0.6 is 0 Å². The van der Waals surface area contributed by atoms with Crippen LogP contribution in [0.25, 0.3) is 0 Å². The van der Waals surface area contributed by atoms with Crippen molar-refractivity contribution in [2.75, 3.05) is 31.4 Å². The number of amides is 4. The molecule has 3 aromatic rings. The van der Waals surface area contributed by atoms with Crippen LogP contribution in [0.4, 0.5) is 16.2 Å². The Morgan fingerprint density at radius 1 is 0.735 bits per heavy atom. The molecule has 3 aromatic carbocycles. The van der Waals surface area contributed by atoms with Gasteiger partial charge in [-0.1, -0.05) is 48.5 Å². The van der Waals surface area contributed by atoms with Crippen LogP contribution in [0.1, 0.15) is 15.9 Å². The van der Waals surface area contributed by atoms with Crippen molar-refractivity contribution in [1.82, 2.24) is 10.6 Å². The van der Waals surface area contributed by atoms with E-state index in [-0.39, 0.29) is 12.5 Å². The summed E-state index contributed by atoms with van der Waals surface area (Å²) in [7, 11) is 2.89. The molecule has 0 fully saturated rings. The van der Waals surface area contributed by atoms with Gasteiger partial charge in [0.1, 0.15) is 11.5 Å². The minimum absolute atomic E-state index is 0.251. The number of rotatable bonds is 9. The van der Waals surface area contributed by atoms with Crippen molar-refractivity contribution in [3.8, 4) is 11.5 Å². The van der Waals surface area contributed by atoms with E-state index in [9.17, 15) is 14.4 Å². The first-order chi connectivity index (χ1) is 16.5. The number of urea groups is 1. The Balaban J connectivity index is 1.60. The molecule has 0 bridgehead atoms. The molecular weight excluding hydrogens is 436 g/mol. The van der Waals surface area contributed by atoms with Gasteiger partial charge in [0.2, 0.25) is 5.91 Å². The van der Waals surface area contributed by atoms with Gasteiger partial charge in [-0.05, 0) is 17.7 Å². The summed E-state index contributed by atoms with van der Waals surface area (Å²) in [5.74, 6) is -0.139. The van der Waals surface area contributed by atoms with Gasteiger partial charge in [-0.15, -0.1) is 0 Å². The van der Waals surface area contributed by atoms with Gasteiger partial charge < -0.3 is 30.7 Å². The van der Waals surface area contributed by atoms with Crippen LogP contribution < -0.4 is 30.7 Å². The third-order valence-corrected chi connectivity index (χ3v) is 4.79. The molecule has 0 heterocycles. The van der Waals surface area contributed by atoms with E-state index in [0.29, 0.717) is 35.0 Å². The fraction of sp³-hybridized carbons (Fsp3) is 0.160. The molecule has 176 valence electrons. The van der Waals surface area contributed by atoms with Crippen molar-refractivity contribution >= 4 is 29.2 Å². The molecule has 0 atom stereocenters. The van der Waals surface area contributed by atoms with E-state index in [4.69, 9.17) is 9.47 Å². The highest BCUT2D eigenvalue weighted by atomic mass is 16.5. The van der Waals surface area contributed by atoms with Crippen molar-refractivity contribution in [2.24, 2.45) is 0 Å². The average molecular weight is 463 g/mol. The van der Waals surface area contributed by atoms with Crippen LogP contribution in [0.5, 0.6) is 11.5 Å². The average Bonchev–Trinajstić information content (AvgIpc) is 2.87. The molecule has 9 nitrogen and oxygen atoms in total. The van der Waals surface area contributed by atoms with E-state index in [1.54, 1.807) is 30.3 Å². The molecule has 34 heavy (non-hydrogen) atoms. The number of ether oxygens (including phenoxy) is 2. The predicted octanol–water partition coefficient (Wildman–Crippen LogP) is 3.39. The Kier molecular flexibility index (Phi) is 8.45. The molecule has 4 amide bonds. The van der Waals surface area contributed by atoms with Crippen LogP contribution in [-0.2, 0) is 11.3 Å². The van der Waals surface area contributed by atoms with E-state index < -0.39 is 11.9 Å². The Hall–Kier alpha value is -4.53. The van der Waals surface area contributed by atoms with Gasteiger partial charge in [0.05, 0.1) is 32.1 Å². The van der Waals surface area contributed by atoms with E-state index in [2.05, 4.69) is 21.3 Å². The molecular formula is C25H26N4O5. The molecule has 0 aliphatic rings. The summed E-state index contributed by atoms with van der Waals surface area (Å²) in [6, 6.07) is 20.8. The summed E-state index contributed by atoms with van der Waals surface area (Å²) in [5.41, 5.74) is 2.13. The molecule has 0 saturated heterocycles. The van der Waals surface area contributed by atoms with Crippen molar-refractivity contribution < 1.29 is 23.9 Å². The molecule has 0 aliphatic heterocycles. The van der Waals surface area contributed by atoms with Gasteiger partial charge in [-0.2, -0.15) is 0 Å². The van der Waals surface area contributed by atoms with Crippen LogP contribution in [0.3, 0.4) is 0 Å². The monoisotopic (exact) mass is 462 g/mol. The second-order valence-electron chi connectivity index (χ2n) is 7.14. The normalized spacial score (nSPS) is 10.1. The molecule has 0 aliphatic carbocycles. The number of carbonyl (C=O) groups is 3. The molecule has 0 unspecified atom stereocenters. The molecule has 4 N–H and O–H groups in total. The topological polar surface area (TPSA) is 118 Å². The number of methoxy groups -OCH3 is 2. The Morgan fingerprint density at radius 2 is 1.29 bits per heavy atom. The van der Waals surface area contributed by atoms with Crippen LogP contribution in [-0.4, -0.2) is 38.6 Å². The number of hydrogen-bond acceptors (Lipinski definition) is 5. The second-order valence-corrected chi connectivity index (χ2v) is 7.14. The first-order valence-electron chi connectivity index (χ1n) is 10.5. The third kappa shape index (κ3) is 6.73. The zero-order chi connectivity index (χ0) is 24.3. The van der Waals surface area contributed by atoms with Crippen molar-refractivity contribution in [3.05, 3.63) is 83.9 Å². The molecule has 0 aromatic heterocycles. The zero-order valence-electron chi connectivity index (χ0n) is 18.9. The lowest BCUT2D eigenvalue weighted by molar-refractivity contribution is -0.115. The number of nitrogens with one attached hydrogen (secondary N) is 4. The van der Waals surface area contributed by atoms with Crippen LogP contribution in [0.2, 0.25) is 0 Å². The van der Waals surface area contributed by atoms with Gasteiger partial charge >= 0.3 is 6.03 Å². The minimum atomic E-state index is -0.470. The van der Waals surface area contributed by atoms with Gasteiger partial charge in [0.15, 0.2) is 0 Å². The van der Waals surface area contributed by atoms with Crippen molar-refractivity contribution in [3.63, 3.8) is 0 Å². The summed E-state index contributed by atoms with van der Waals surface area (Å²) >= 11 is 0. The summed E-state index contributed by atoms with van der Waals surface area (Å²) in [4.78, 5) is 36.9. The maximum Gasteiger partial charge on any atom is 0.315 e. The Morgan fingerprint density at radius 3 is 1.88 bits per heavy atom. The van der Waals surface area contributed by atoms with Gasteiger partial charge in [0, 0.05) is 24.2 Å². The first kappa shape index (κ1) is 24.1. The number of benzene rings is 3. The fourth-order valence-corrected chi connectivity index (χ4v) is 3.07. The Bertz CT molecular complexity index is 1140. The van der Waals surface area contributed by atoms with E-state index >= 15 is 0 Å². The smallest absolute Gasteiger partial charge is 0.315 e. The lowest BCUT2D eigenvalue weighted by Crippen LogP contribution is -2.39. The maximum atomic E-state index is 12.5. The van der Waals surface area contributed by atoms with E-state index in [1.807, 2.05) is 36.4 Å². The van der Waals surface area contributed by atoms with Gasteiger partial charge in [-0.3, -0.25) is 9.59 Å². The van der Waals surface area contributed by atoms with Gasteiger partial charge in [0.25, 0.3) is 5.91 Å². The highest BCUT2D eigenvalue weighted by molar-refractivity contribution is 6.05. The molecule has 3 rings (SSSR count). The largest absolute Gasteiger partial charge is 0.494 e. The van der Waals surface area contributed by atoms with Gasteiger partial charge in [-0.25, -0.2) is 4.79 Å². The summed E-state index contributed by atoms with van der Waals surface area (Å²) < 4.78 is 10.7. The second kappa shape index (κ2) is 11.9. The first-order valence-corrected chi connectivity index (χ1v) is 10.5. The number of hydrogen-bond donors (Lipinski definition) is 4. The highest BCUT2D eigenvalue weighted by Crippen LogP contribution is 2.36. The number of anilines is 2. The lowest BCUT2D eigenvalue weighted by Gasteiger charge is -2.16. The number of carbonyl (C=O) groups excluding carboxylic acids is 3. The quantitative estimate of drug-likeness (QED) is 0.389. The Labute approximate surface area is 197 Å². The van der Waals surface area contributed by atoms with Crippen molar-refractivity contribution in [2.45, 2.75) is 6.54 Å². The molecule has 9 heteroatoms. The third-order valence-electron chi connectivity index (χ3n) is 4.79. The summed E-state index contributed by atoms with van der Waals surface area (Å²) in [5, 5.41) is 10.6. The molecule has 0 saturated carbocycles. The molecule has 0 spiro atoms. The maximum absolute atomic E-state index is 12.5. The van der Waals surface area contributed by atoms with E-state index in [1.165, 1.54) is 20.3 Å². The van der Waals surface area contributed by atoms with E-state index in [0.717, 1.165) is 5.56 Å². The fourth-order valence-electron chi connectivity index (χ4n) is 3.07. The van der Waals surface area contributed by atoms with Crippen LogP contribution in [0, 0.1) is 0 Å². The van der Waals surface area contributed by atoms with Crippen LogP contribution in [0.15, 0.2) is 72.8 Å². The summed E-state index contributed by atoms with van der Waals surface area (Å²) in [6.45, 7) is 0.0913.